The molecule has 19 heavy (non-hydrogen) atoms. The van der Waals surface area contributed by atoms with Crippen molar-refractivity contribution in [2.45, 2.75) is 58.6 Å². The number of nitrogens with zero attached hydrogens (tertiary/aromatic N) is 1. The van der Waals surface area contributed by atoms with Gasteiger partial charge < -0.3 is 10.1 Å². The Labute approximate surface area is 116 Å². The Morgan fingerprint density at radius 2 is 2.05 bits per heavy atom. The molecule has 0 bridgehead atoms. The number of ether oxygens (including phenoxy) is 1. The Balaban J connectivity index is 2.04. The summed E-state index contributed by atoms with van der Waals surface area (Å²) < 4.78 is 6.15. The highest BCUT2D eigenvalue weighted by Crippen LogP contribution is 2.37. The van der Waals surface area contributed by atoms with E-state index in [0.29, 0.717) is 11.5 Å². The molecule has 106 valence electrons. The molecule has 0 spiro atoms. The van der Waals surface area contributed by atoms with E-state index in [1.54, 1.807) is 0 Å². The SMILES string of the molecule is CNC(C)c1cccnc1OC1CCC(C)(C)CC1. The van der Waals surface area contributed by atoms with Gasteiger partial charge in [0.15, 0.2) is 0 Å². The first-order valence-electron chi connectivity index (χ1n) is 7.31. The first-order chi connectivity index (χ1) is 9.02. The van der Waals surface area contributed by atoms with E-state index in [1.807, 2.05) is 19.3 Å². The molecule has 1 N–H and O–H groups in total. The molecule has 1 aromatic heterocycles. The molecule has 0 aromatic carbocycles. The Bertz CT molecular complexity index is 407. The van der Waals surface area contributed by atoms with Gasteiger partial charge in [-0.2, -0.15) is 0 Å². The predicted molar refractivity (Wildman–Crippen MR) is 78.4 cm³/mol. The third-order valence-corrected chi connectivity index (χ3v) is 4.26. The molecule has 0 aliphatic heterocycles. The summed E-state index contributed by atoms with van der Waals surface area (Å²) >= 11 is 0. The molecule has 0 radical (unpaired) electrons. The van der Waals surface area contributed by atoms with Crippen molar-refractivity contribution in [3.63, 3.8) is 0 Å². The molecule has 2 rings (SSSR count). The fourth-order valence-corrected chi connectivity index (χ4v) is 2.64. The number of hydrogen-bond donors (Lipinski definition) is 1. The average molecular weight is 262 g/mol. The van der Waals surface area contributed by atoms with Crippen LogP contribution in [-0.2, 0) is 0 Å². The standard InChI is InChI=1S/C16H26N2O/c1-12(17-4)14-6-5-11-18-15(14)19-13-7-9-16(2,3)10-8-13/h5-6,11-13,17H,7-10H2,1-4H3. The Morgan fingerprint density at radius 1 is 1.37 bits per heavy atom. The molecular formula is C16H26N2O. The third kappa shape index (κ3) is 3.69. The summed E-state index contributed by atoms with van der Waals surface area (Å²) in [5.74, 6) is 0.800. The molecule has 1 saturated carbocycles. The van der Waals surface area contributed by atoms with E-state index in [-0.39, 0.29) is 6.04 Å². The fourth-order valence-electron chi connectivity index (χ4n) is 2.64. The summed E-state index contributed by atoms with van der Waals surface area (Å²) in [5, 5.41) is 3.25. The van der Waals surface area contributed by atoms with E-state index >= 15 is 0 Å². The first-order valence-corrected chi connectivity index (χ1v) is 7.31. The summed E-state index contributed by atoms with van der Waals surface area (Å²) in [5.41, 5.74) is 1.63. The van der Waals surface area contributed by atoms with Crippen molar-refractivity contribution in [1.29, 1.82) is 0 Å². The van der Waals surface area contributed by atoms with Gasteiger partial charge in [0.2, 0.25) is 5.88 Å². The Kier molecular flexibility index (Phi) is 4.46. The van der Waals surface area contributed by atoms with E-state index in [1.165, 1.54) is 12.8 Å². The molecule has 1 unspecified atom stereocenters. The maximum absolute atomic E-state index is 6.15. The Hall–Kier alpha value is -1.09. The van der Waals surface area contributed by atoms with Gasteiger partial charge in [0.25, 0.3) is 0 Å². The lowest BCUT2D eigenvalue weighted by atomic mass is 9.76. The number of hydrogen-bond acceptors (Lipinski definition) is 3. The van der Waals surface area contributed by atoms with Crippen molar-refractivity contribution in [3.8, 4) is 5.88 Å². The van der Waals surface area contributed by atoms with Crippen LogP contribution in [0.5, 0.6) is 5.88 Å². The third-order valence-electron chi connectivity index (χ3n) is 4.26. The number of rotatable bonds is 4. The minimum absolute atomic E-state index is 0.267. The molecule has 3 nitrogen and oxygen atoms in total. The molecule has 1 aromatic rings. The first kappa shape index (κ1) is 14.3. The van der Waals surface area contributed by atoms with Crippen molar-refractivity contribution in [2.24, 2.45) is 5.41 Å². The lowest BCUT2D eigenvalue weighted by Gasteiger charge is -2.34. The zero-order valence-corrected chi connectivity index (χ0v) is 12.6. The van der Waals surface area contributed by atoms with Gasteiger partial charge in [0.05, 0.1) is 0 Å². The molecular weight excluding hydrogens is 236 g/mol. The van der Waals surface area contributed by atoms with E-state index < -0.39 is 0 Å². The smallest absolute Gasteiger partial charge is 0.218 e. The molecule has 0 amide bonds. The van der Waals surface area contributed by atoms with Crippen LogP contribution < -0.4 is 10.1 Å². The molecule has 1 fully saturated rings. The van der Waals surface area contributed by atoms with Gasteiger partial charge in [-0.25, -0.2) is 4.98 Å². The summed E-state index contributed by atoms with van der Waals surface area (Å²) in [6.07, 6.45) is 6.88. The average Bonchev–Trinajstić information content (AvgIpc) is 2.41. The van der Waals surface area contributed by atoms with Crippen molar-refractivity contribution in [1.82, 2.24) is 10.3 Å². The van der Waals surface area contributed by atoms with E-state index in [4.69, 9.17) is 4.74 Å². The summed E-state index contributed by atoms with van der Waals surface area (Å²) in [6.45, 7) is 6.82. The molecule has 1 aliphatic rings. The van der Waals surface area contributed by atoms with Gasteiger partial charge in [-0.15, -0.1) is 0 Å². The lowest BCUT2D eigenvalue weighted by Crippen LogP contribution is -2.29. The zero-order chi connectivity index (χ0) is 13.9. The van der Waals surface area contributed by atoms with Crippen LogP contribution in [0.2, 0.25) is 0 Å². The van der Waals surface area contributed by atoms with Gasteiger partial charge in [-0.3, -0.25) is 0 Å². The van der Waals surface area contributed by atoms with Gasteiger partial charge in [-0.05, 0) is 51.1 Å². The zero-order valence-electron chi connectivity index (χ0n) is 12.6. The molecule has 0 saturated heterocycles. The summed E-state index contributed by atoms with van der Waals surface area (Å²) in [7, 11) is 1.96. The van der Waals surface area contributed by atoms with Crippen LogP contribution in [-0.4, -0.2) is 18.1 Å². The number of nitrogens with one attached hydrogen (secondary N) is 1. The maximum Gasteiger partial charge on any atom is 0.218 e. The number of pyridine rings is 1. The largest absolute Gasteiger partial charge is 0.474 e. The van der Waals surface area contributed by atoms with Crippen molar-refractivity contribution in [2.75, 3.05) is 7.05 Å². The molecule has 1 heterocycles. The highest BCUT2D eigenvalue weighted by molar-refractivity contribution is 5.28. The van der Waals surface area contributed by atoms with Crippen LogP contribution in [0.15, 0.2) is 18.3 Å². The Morgan fingerprint density at radius 3 is 2.68 bits per heavy atom. The highest BCUT2D eigenvalue weighted by Gasteiger charge is 2.28. The number of aromatic nitrogens is 1. The quantitative estimate of drug-likeness (QED) is 0.898. The van der Waals surface area contributed by atoms with Gasteiger partial charge in [0, 0.05) is 17.8 Å². The highest BCUT2D eigenvalue weighted by atomic mass is 16.5. The van der Waals surface area contributed by atoms with Crippen LogP contribution in [0.4, 0.5) is 0 Å². The maximum atomic E-state index is 6.15. The normalized spacial score (nSPS) is 21.1. The topological polar surface area (TPSA) is 34.2 Å². The lowest BCUT2D eigenvalue weighted by molar-refractivity contribution is 0.0935. The van der Waals surface area contributed by atoms with E-state index in [0.717, 1.165) is 24.3 Å². The van der Waals surface area contributed by atoms with Gasteiger partial charge in [0.1, 0.15) is 6.10 Å². The fraction of sp³-hybridized carbons (Fsp3) is 0.688. The van der Waals surface area contributed by atoms with E-state index in [9.17, 15) is 0 Å². The molecule has 1 aliphatic carbocycles. The minimum atomic E-state index is 0.267. The second kappa shape index (κ2) is 5.91. The van der Waals surface area contributed by atoms with Crippen LogP contribution in [0.25, 0.3) is 0 Å². The van der Waals surface area contributed by atoms with Gasteiger partial charge in [-0.1, -0.05) is 19.9 Å². The van der Waals surface area contributed by atoms with Crippen LogP contribution >= 0.6 is 0 Å². The minimum Gasteiger partial charge on any atom is -0.474 e. The van der Waals surface area contributed by atoms with Crippen molar-refractivity contribution in [3.05, 3.63) is 23.9 Å². The monoisotopic (exact) mass is 262 g/mol. The van der Waals surface area contributed by atoms with E-state index in [2.05, 4.69) is 37.1 Å². The van der Waals surface area contributed by atoms with Gasteiger partial charge >= 0.3 is 0 Å². The van der Waals surface area contributed by atoms with Crippen molar-refractivity contribution >= 4 is 0 Å². The van der Waals surface area contributed by atoms with Crippen LogP contribution in [0.3, 0.4) is 0 Å². The second-order valence-electron chi connectivity index (χ2n) is 6.39. The molecule has 1 atom stereocenters. The summed E-state index contributed by atoms with van der Waals surface area (Å²) in [6, 6.07) is 4.33. The molecule has 3 heteroatoms. The van der Waals surface area contributed by atoms with Crippen molar-refractivity contribution < 1.29 is 4.74 Å². The predicted octanol–water partition coefficient (Wildman–Crippen LogP) is 3.71. The van der Waals surface area contributed by atoms with Crippen LogP contribution in [0.1, 0.15) is 58.1 Å². The summed E-state index contributed by atoms with van der Waals surface area (Å²) in [4.78, 5) is 4.42. The van der Waals surface area contributed by atoms with Crippen LogP contribution in [0, 0.1) is 5.41 Å². The second-order valence-corrected chi connectivity index (χ2v) is 6.39.